The van der Waals surface area contributed by atoms with Crippen molar-refractivity contribution in [1.29, 1.82) is 0 Å². The number of fused-ring (bicyclic) bond motifs is 1. The predicted molar refractivity (Wildman–Crippen MR) is 99.6 cm³/mol. The molecule has 0 unspecified atom stereocenters. The Morgan fingerprint density at radius 2 is 1.78 bits per heavy atom. The fraction of sp³-hybridized carbons (Fsp3) is 0.400. The van der Waals surface area contributed by atoms with E-state index in [0.717, 1.165) is 11.5 Å². The van der Waals surface area contributed by atoms with Crippen LogP contribution in [0.25, 0.3) is 11.1 Å². The Balaban J connectivity index is 2.28. The van der Waals surface area contributed by atoms with Crippen LogP contribution >= 0.6 is 7.92 Å². The van der Waals surface area contributed by atoms with Crippen LogP contribution in [0.3, 0.4) is 0 Å². The number of hydrogen-bond acceptors (Lipinski definition) is 2. The Kier molecular flexibility index (Phi) is 4.14. The zero-order chi connectivity index (χ0) is 16.8. The summed E-state index contributed by atoms with van der Waals surface area (Å²) in [5, 5.41) is 1.58. The molecule has 0 spiro atoms. The van der Waals surface area contributed by atoms with Crippen LogP contribution in [0, 0.1) is 6.92 Å². The van der Waals surface area contributed by atoms with Crippen LogP contribution in [-0.4, -0.2) is 18.1 Å². The first-order chi connectivity index (χ1) is 10.8. The molecule has 0 bridgehead atoms. The van der Waals surface area contributed by atoms with E-state index < -0.39 is 7.92 Å². The topological polar surface area (TPSA) is 18.5 Å². The molecule has 3 rings (SSSR count). The molecule has 0 N–H and O–H groups in total. The van der Waals surface area contributed by atoms with E-state index in [1.54, 1.807) is 7.11 Å². The zero-order valence-electron chi connectivity index (χ0n) is 14.8. The number of ether oxygens (including phenoxy) is 2. The molecule has 2 aromatic rings. The molecule has 0 aromatic heterocycles. The lowest BCUT2D eigenvalue weighted by atomic mass is 9.99. The van der Waals surface area contributed by atoms with E-state index in [2.05, 4.69) is 58.9 Å². The first-order valence-electron chi connectivity index (χ1n) is 8.07. The Morgan fingerprint density at radius 3 is 2.43 bits per heavy atom. The minimum absolute atomic E-state index is 0.200. The van der Waals surface area contributed by atoms with Gasteiger partial charge in [-0.3, -0.25) is 0 Å². The molecule has 0 amide bonds. The largest absolute Gasteiger partial charge is 0.496 e. The van der Waals surface area contributed by atoms with Crippen molar-refractivity contribution in [2.75, 3.05) is 7.11 Å². The third-order valence-electron chi connectivity index (χ3n) is 4.35. The quantitative estimate of drug-likeness (QED) is 0.695. The Labute approximate surface area is 140 Å². The van der Waals surface area contributed by atoms with Crippen LogP contribution in [0.2, 0.25) is 0 Å². The van der Waals surface area contributed by atoms with Gasteiger partial charge in [-0.05, 0) is 50.2 Å². The van der Waals surface area contributed by atoms with Crippen molar-refractivity contribution in [1.82, 2.24) is 0 Å². The van der Waals surface area contributed by atoms with E-state index in [4.69, 9.17) is 9.47 Å². The monoisotopic (exact) mass is 328 g/mol. The molecular formula is C20H25O2P. The van der Waals surface area contributed by atoms with E-state index in [1.165, 1.54) is 22.0 Å². The van der Waals surface area contributed by atoms with Crippen molar-refractivity contribution in [2.24, 2.45) is 0 Å². The molecule has 0 saturated heterocycles. The van der Waals surface area contributed by atoms with Crippen molar-refractivity contribution >= 4 is 13.2 Å². The maximum Gasteiger partial charge on any atom is 0.128 e. The number of methoxy groups -OCH3 is 1. The number of benzene rings is 2. The lowest BCUT2D eigenvalue weighted by Crippen LogP contribution is -2.23. The summed E-state index contributed by atoms with van der Waals surface area (Å²) in [4.78, 5) is 0. The third-order valence-corrected chi connectivity index (χ3v) is 7.57. The summed E-state index contributed by atoms with van der Waals surface area (Å²) in [6.07, 6.45) is 0. The molecule has 2 atom stereocenters. The maximum absolute atomic E-state index is 6.21. The SMILES string of the molecule is COc1cccc(C)c1-c1cccc2c1[P@@](C(C)(C)C)[C@H](C)O2. The average molecular weight is 328 g/mol. The molecule has 3 heteroatoms. The Morgan fingerprint density at radius 1 is 1.09 bits per heavy atom. The number of rotatable bonds is 2. The average Bonchev–Trinajstić information content (AvgIpc) is 2.82. The number of hydrogen-bond donors (Lipinski definition) is 0. The summed E-state index contributed by atoms with van der Waals surface area (Å²) in [6, 6.07) is 12.7. The molecule has 1 heterocycles. The van der Waals surface area contributed by atoms with Crippen LogP contribution in [0.1, 0.15) is 33.3 Å². The molecule has 2 aromatic carbocycles. The highest BCUT2D eigenvalue weighted by molar-refractivity contribution is 7.68. The lowest BCUT2D eigenvalue weighted by molar-refractivity contribution is 0.313. The van der Waals surface area contributed by atoms with Gasteiger partial charge in [0.15, 0.2) is 0 Å². The molecule has 2 nitrogen and oxygen atoms in total. The van der Waals surface area contributed by atoms with E-state index in [9.17, 15) is 0 Å². The number of aryl methyl sites for hydroxylation is 1. The second-order valence-corrected chi connectivity index (χ2v) is 10.3. The van der Waals surface area contributed by atoms with Gasteiger partial charge in [0.25, 0.3) is 0 Å². The minimum atomic E-state index is -0.415. The van der Waals surface area contributed by atoms with Crippen molar-refractivity contribution in [3.63, 3.8) is 0 Å². The molecule has 122 valence electrons. The summed E-state index contributed by atoms with van der Waals surface area (Å²) in [5.41, 5.74) is 3.70. The summed E-state index contributed by atoms with van der Waals surface area (Å²) < 4.78 is 11.9. The maximum atomic E-state index is 6.21. The minimum Gasteiger partial charge on any atom is -0.496 e. The first-order valence-corrected chi connectivity index (χ1v) is 9.48. The Bertz CT molecular complexity index is 731. The predicted octanol–water partition coefficient (Wildman–Crippen LogP) is 5.31. The van der Waals surface area contributed by atoms with Crippen molar-refractivity contribution in [3.05, 3.63) is 42.0 Å². The van der Waals surface area contributed by atoms with Gasteiger partial charge in [-0.15, -0.1) is 0 Å². The normalized spacial score (nSPS) is 20.1. The first kappa shape index (κ1) is 16.3. The van der Waals surface area contributed by atoms with Gasteiger partial charge in [0, 0.05) is 10.9 Å². The van der Waals surface area contributed by atoms with Gasteiger partial charge in [-0.25, -0.2) is 0 Å². The zero-order valence-corrected chi connectivity index (χ0v) is 15.7. The summed E-state index contributed by atoms with van der Waals surface area (Å²) in [7, 11) is 1.33. The summed E-state index contributed by atoms with van der Waals surface area (Å²) >= 11 is 0. The second kappa shape index (κ2) is 5.83. The molecule has 0 saturated carbocycles. The van der Waals surface area contributed by atoms with Crippen LogP contribution in [0.15, 0.2) is 36.4 Å². The van der Waals surface area contributed by atoms with Crippen LogP contribution in [0.4, 0.5) is 0 Å². The third kappa shape index (κ3) is 2.74. The van der Waals surface area contributed by atoms with Crippen LogP contribution < -0.4 is 14.8 Å². The van der Waals surface area contributed by atoms with Gasteiger partial charge in [-0.1, -0.05) is 45.0 Å². The van der Waals surface area contributed by atoms with E-state index in [0.29, 0.717) is 0 Å². The van der Waals surface area contributed by atoms with Gasteiger partial charge in [0.2, 0.25) is 0 Å². The molecular weight excluding hydrogens is 303 g/mol. The molecule has 0 fully saturated rings. The molecule has 23 heavy (non-hydrogen) atoms. The van der Waals surface area contributed by atoms with Crippen molar-refractivity contribution in [2.45, 2.75) is 45.6 Å². The van der Waals surface area contributed by atoms with E-state index in [-0.39, 0.29) is 11.0 Å². The highest BCUT2D eigenvalue weighted by atomic mass is 31.1. The standard InChI is InChI=1S/C20H25O2P/c1-13-9-7-11-16(21-6)18(13)15-10-8-12-17-19(15)23(14(2)22-17)20(3,4)5/h7-12,14H,1-6H3/t14-,23+/m1/s1. The van der Waals surface area contributed by atoms with Crippen LogP contribution in [-0.2, 0) is 0 Å². The van der Waals surface area contributed by atoms with Gasteiger partial charge >= 0.3 is 0 Å². The second-order valence-electron chi connectivity index (χ2n) is 7.06. The summed E-state index contributed by atoms with van der Waals surface area (Å²) in [5.74, 6) is 2.22. The van der Waals surface area contributed by atoms with Crippen molar-refractivity contribution in [3.8, 4) is 22.6 Å². The van der Waals surface area contributed by atoms with Gasteiger partial charge in [0.05, 0.1) is 7.11 Å². The van der Waals surface area contributed by atoms with Gasteiger partial charge in [0.1, 0.15) is 17.3 Å². The van der Waals surface area contributed by atoms with Gasteiger partial charge in [-0.2, -0.15) is 0 Å². The fourth-order valence-electron chi connectivity index (χ4n) is 3.52. The van der Waals surface area contributed by atoms with Crippen molar-refractivity contribution < 1.29 is 9.47 Å². The highest BCUT2D eigenvalue weighted by Gasteiger charge is 2.41. The molecule has 1 aliphatic rings. The Hall–Kier alpha value is -1.53. The van der Waals surface area contributed by atoms with E-state index in [1.807, 2.05) is 12.1 Å². The van der Waals surface area contributed by atoms with Gasteiger partial charge < -0.3 is 9.47 Å². The van der Waals surface area contributed by atoms with Crippen LogP contribution in [0.5, 0.6) is 11.5 Å². The highest BCUT2D eigenvalue weighted by Crippen LogP contribution is 2.60. The molecule has 1 aliphatic heterocycles. The lowest BCUT2D eigenvalue weighted by Gasteiger charge is -2.31. The fourth-order valence-corrected chi connectivity index (χ4v) is 6.68. The summed E-state index contributed by atoms with van der Waals surface area (Å²) in [6.45, 7) is 11.3. The smallest absolute Gasteiger partial charge is 0.128 e. The molecule has 0 radical (unpaired) electrons. The van der Waals surface area contributed by atoms with E-state index >= 15 is 0 Å². The molecule has 0 aliphatic carbocycles.